The van der Waals surface area contributed by atoms with Crippen molar-refractivity contribution in [2.75, 3.05) is 13.2 Å². The Bertz CT molecular complexity index is 1180. The SMILES string of the molecule is CCOc1cccc2c1OCC(C(=O)OCc1cc(=O)n3cc(C)ccc3n1)=C2. The van der Waals surface area contributed by atoms with Crippen LogP contribution in [0.3, 0.4) is 0 Å². The van der Waals surface area contributed by atoms with E-state index in [4.69, 9.17) is 14.2 Å². The first-order valence-corrected chi connectivity index (χ1v) is 9.30. The highest BCUT2D eigenvalue weighted by Crippen LogP contribution is 2.35. The topological polar surface area (TPSA) is 79.1 Å². The third-order valence-electron chi connectivity index (χ3n) is 4.48. The molecule has 0 spiro atoms. The zero-order valence-corrected chi connectivity index (χ0v) is 16.2. The van der Waals surface area contributed by atoms with E-state index in [-0.39, 0.29) is 18.8 Å². The van der Waals surface area contributed by atoms with Crippen LogP contribution in [0.5, 0.6) is 11.5 Å². The number of carbonyl (C=O) groups is 1. The minimum atomic E-state index is -0.511. The van der Waals surface area contributed by atoms with Gasteiger partial charge >= 0.3 is 5.97 Å². The molecule has 0 N–H and O–H groups in total. The predicted octanol–water partition coefficient (Wildman–Crippen LogP) is 2.92. The zero-order chi connectivity index (χ0) is 20.4. The molecule has 0 fully saturated rings. The molecule has 29 heavy (non-hydrogen) atoms. The van der Waals surface area contributed by atoms with Gasteiger partial charge in [0.05, 0.1) is 17.9 Å². The van der Waals surface area contributed by atoms with Crippen LogP contribution in [0.2, 0.25) is 0 Å². The molecule has 0 radical (unpaired) electrons. The average Bonchev–Trinajstić information content (AvgIpc) is 2.72. The first-order chi connectivity index (χ1) is 14.0. The third-order valence-corrected chi connectivity index (χ3v) is 4.48. The molecule has 0 amide bonds. The molecule has 2 aromatic heterocycles. The van der Waals surface area contributed by atoms with E-state index < -0.39 is 5.97 Å². The van der Waals surface area contributed by atoms with Crippen molar-refractivity contribution in [1.82, 2.24) is 9.38 Å². The Morgan fingerprint density at radius 3 is 2.97 bits per heavy atom. The molecule has 0 atom stereocenters. The Balaban J connectivity index is 1.50. The van der Waals surface area contributed by atoms with Gasteiger partial charge in [-0.25, -0.2) is 9.78 Å². The van der Waals surface area contributed by atoms with Gasteiger partial charge in [0.25, 0.3) is 5.56 Å². The summed E-state index contributed by atoms with van der Waals surface area (Å²) in [5.74, 6) is 0.749. The lowest BCUT2D eigenvalue weighted by Gasteiger charge is -2.19. The molecular formula is C22H20N2O5. The van der Waals surface area contributed by atoms with Gasteiger partial charge < -0.3 is 14.2 Å². The number of esters is 1. The second kappa shape index (κ2) is 7.79. The minimum absolute atomic E-state index is 0.0863. The molecule has 4 rings (SSSR count). The van der Waals surface area contributed by atoms with Crippen molar-refractivity contribution in [3.05, 3.63) is 75.3 Å². The number of aromatic nitrogens is 2. The number of hydrogen-bond donors (Lipinski definition) is 0. The molecule has 3 aromatic rings. The summed E-state index contributed by atoms with van der Waals surface area (Å²) < 4.78 is 18.1. The molecule has 7 heteroatoms. The van der Waals surface area contributed by atoms with Gasteiger partial charge in [-0.2, -0.15) is 0 Å². The van der Waals surface area contributed by atoms with Crippen molar-refractivity contribution in [3.63, 3.8) is 0 Å². The molecule has 0 unspecified atom stereocenters. The quantitative estimate of drug-likeness (QED) is 0.621. The lowest BCUT2D eigenvalue weighted by molar-refractivity contribution is -0.140. The summed E-state index contributed by atoms with van der Waals surface area (Å²) in [4.78, 5) is 29.1. The van der Waals surface area contributed by atoms with Crippen molar-refractivity contribution in [3.8, 4) is 11.5 Å². The number of pyridine rings is 1. The number of carbonyl (C=O) groups excluding carboxylic acids is 1. The predicted molar refractivity (Wildman–Crippen MR) is 107 cm³/mol. The van der Waals surface area contributed by atoms with E-state index in [1.54, 1.807) is 18.3 Å². The number of hydrogen-bond acceptors (Lipinski definition) is 6. The van der Waals surface area contributed by atoms with E-state index in [1.165, 1.54) is 10.5 Å². The largest absolute Gasteiger partial charge is 0.490 e. The summed E-state index contributed by atoms with van der Waals surface area (Å²) >= 11 is 0. The maximum atomic E-state index is 12.5. The second-order valence-corrected chi connectivity index (χ2v) is 6.66. The number of nitrogens with zero attached hydrogens (tertiary/aromatic N) is 2. The second-order valence-electron chi connectivity index (χ2n) is 6.66. The van der Waals surface area contributed by atoms with E-state index in [1.807, 2.05) is 38.1 Å². The van der Waals surface area contributed by atoms with Crippen molar-refractivity contribution < 1.29 is 19.0 Å². The number of benzene rings is 1. The summed E-state index contributed by atoms with van der Waals surface area (Å²) in [6.07, 6.45) is 3.45. The molecule has 148 valence electrons. The van der Waals surface area contributed by atoms with Crippen LogP contribution in [0, 0.1) is 6.92 Å². The number of rotatable bonds is 5. The molecule has 1 aromatic carbocycles. The van der Waals surface area contributed by atoms with E-state index in [0.717, 1.165) is 11.1 Å². The molecule has 1 aliphatic heterocycles. The smallest absolute Gasteiger partial charge is 0.337 e. The van der Waals surface area contributed by atoms with Gasteiger partial charge in [0.15, 0.2) is 11.5 Å². The van der Waals surface area contributed by atoms with Crippen LogP contribution in [0.1, 0.15) is 23.7 Å². The number of fused-ring (bicyclic) bond motifs is 2. The Kier molecular flexibility index (Phi) is 5.03. The maximum Gasteiger partial charge on any atom is 0.337 e. The third kappa shape index (κ3) is 3.85. The van der Waals surface area contributed by atoms with Gasteiger partial charge in [-0.05, 0) is 37.6 Å². The standard InChI is InChI=1S/C22H20N2O5/c1-3-27-18-6-4-5-15-9-16(12-28-21(15)18)22(26)29-13-17-10-20(25)24-11-14(2)7-8-19(24)23-17/h4-11H,3,12-13H2,1-2H3. The fourth-order valence-corrected chi connectivity index (χ4v) is 3.13. The summed E-state index contributed by atoms with van der Waals surface area (Å²) in [5, 5.41) is 0. The van der Waals surface area contributed by atoms with Crippen LogP contribution < -0.4 is 15.0 Å². The zero-order valence-electron chi connectivity index (χ0n) is 16.2. The van der Waals surface area contributed by atoms with Gasteiger partial charge in [-0.3, -0.25) is 9.20 Å². The lowest BCUT2D eigenvalue weighted by Crippen LogP contribution is -2.19. The highest BCUT2D eigenvalue weighted by Gasteiger charge is 2.21. The van der Waals surface area contributed by atoms with Gasteiger partial charge in [0, 0.05) is 17.8 Å². The Morgan fingerprint density at radius 2 is 2.14 bits per heavy atom. The monoisotopic (exact) mass is 392 g/mol. The summed E-state index contributed by atoms with van der Waals surface area (Å²) in [7, 11) is 0. The van der Waals surface area contributed by atoms with Crippen molar-refractivity contribution in [2.45, 2.75) is 20.5 Å². The molecule has 3 heterocycles. The van der Waals surface area contributed by atoms with E-state index in [2.05, 4.69) is 4.98 Å². The maximum absolute atomic E-state index is 12.5. The van der Waals surface area contributed by atoms with E-state index in [0.29, 0.717) is 35.0 Å². The average molecular weight is 392 g/mol. The molecule has 0 aliphatic carbocycles. The van der Waals surface area contributed by atoms with Gasteiger partial charge in [0.1, 0.15) is 18.9 Å². The molecule has 0 saturated heterocycles. The Labute approximate surface area is 167 Å². The lowest BCUT2D eigenvalue weighted by atomic mass is 10.1. The Hall–Kier alpha value is -3.61. The molecule has 1 aliphatic rings. The first kappa shape index (κ1) is 18.7. The molecular weight excluding hydrogens is 372 g/mol. The van der Waals surface area contributed by atoms with Crippen molar-refractivity contribution in [2.24, 2.45) is 0 Å². The van der Waals surface area contributed by atoms with Crippen LogP contribution in [0.15, 0.2) is 53.0 Å². The highest BCUT2D eigenvalue weighted by atomic mass is 16.5. The van der Waals surface area contributed by atoms with Crippen LogP contribution >= 0.6 is 0 Å². The summed E-state index contributed by atoms with van der Waals surface area (Å²) in [6.45, 7) is 4.31. The fourth-order valence-electron chi connectivity index (χ4n) is 3.13. The number of ether oxygens (including phenoxy) is 3. The number of para-hydroxylation sites is 1. The summed E-state index contributed by atoms with van der Waals surface area (Å²) in [6, 6.07) is 10.5. The van der Waals surface area contributed by atoms with Crippen LogP contribution in [-0.2, 0) is 16.1 Å². The van der Waals surface area contributed by atoms with E-state index in [9.17, 15) is 9.59 Å². The molecule has 7 nitrogen and oxygen atoms in total. The minimum Gasteiger partial charge on any atom is -0.490 e. The highest BCUT2D eigenvalue weighted by molar-refractivity contribution is 5.95. The Morgan fingerprint density at radius 1 is 1.28 bits per heavy atom. The normalized spacial score (nSPS) is 12.7. The van der Waals surface area contributed by atoms with Crippen LogP contribution in [-0.4, -0.2) is 28.6 Å². The molecule has 0 bridgehead atoms. The number of aryl methyl sites for hydroxylation is 1. The first-order valence-electron chi connectivity index (χ1n) is 9.30. The van der Waals surface area contributed by atoms with Crippen LogP contribution in [0.25, 0.3) is 11.7 Å². The van der Waals surface area contributed by atoms with Gasteiger partial charge in [-0.15, -0.1) is 0 Å². The van der Waals surface area contributed by atoms with Crippen molar-refractivity contribution >= 4 is 17.7 Å². The molecule has 0 saturated carbocycles. The van der Waals surface area contributed by atoms with E-state index >= 15 is 0 Å². The van der Waals surface area contributed by atoms with Gasteiger partial charge in [-0.1, -0.05) is 18.2 Å². The van der Waals surface area contributed by atoms with Crippen LogP contribution in [0.4, 0.5) is 0 Å². The fraction of sp³-hybridized carbons (Fsp3) is 0.227. The summed E-state index contributed by atoms with van der Waals surface area (Å²) in [5.41, 5.74) is 2.78. The van der Waals surface area contributed by atoms with Crippen molar-refractivity contribution in [1.29, 1.82) is 0 Å². The van der Waals surface area contributed by atoms with Gasteiger partial charge in [0.2, 0.25) is 0 Å².